The normalized spacial score (nSPS) is 11.5. The van der Waals surface area contributed by atoms with Crippen molar-refractivity contribution in [1.29, 1.82) is 0 Å². The molecule has 0 aliphatic rings. The zero-order valence-corrected chi connectivity index (χ0v) is 8.92. The molecular weight excluding hydrogens is 200 g/mol. The van der Waals surface area contributed by atoms with E-state index in [0.717, 1.165) is 24.7 Å². The number of rotatable bonds is 5. The topological polar surface area (TPSA) is 59.1 Å². The summed E-state index contributed by atoms with van der Waals surface area (Å²) < 4.78 is 23.9. The Labute approximate surface area is 84.4 Å². The van der Waals surface area contributed by atoms with Crippen molar-refractivity contribution in [3.05, 3.63) is 30.1 Å². The highest BCUT2D eigenvalue weighted by Crippen LogP contribution is 1.99. The second kappa shape index (κ2) is 5.07. The molecule has 0 aliphatic heterocycles. The van der Waals surface area contributed by atoms with Gasteiger partial charge in [0.25, 0.3) is 0 Å². The third-order valence-corrected chi connectivity index (χ3v) is 2.46. The van der Waals surface area contributed by atoms with Gasteiger partial charge in [0.1, 0.15) is 0 Å². The maximum Gasteiger partial charge on any atom is 0.208 e. The Balaban J connectivity index is 2.23. The number of aryl methyl sites for hydroxylation is 1. The van der Waals surface area contributed by atoms with Crippen LogP contribution in [-0.4, -0.2) is 26.2 Å². The first-order valence-corrected chi connectivity index (χ1v) is 6.30. The molecule has 0 fully saturated rings. The largest absolute Gasteiger partial charge is 0.264 e. The molecule has 5 heteroatoms. The molecule has 1 aromatic heterocycles. The molecular formula is C9H14N2O2S. The van der Waals surface area contributed by atoms with Gasteiger partial charge in [0.15, 0.2) is 0 Å². The van der Waals surface area contributed by atoms with Gasteiger partial charge in [0, 0.05) is 18.9 Å². The fourth-order valence-electron chi connectivity index (χ4n) is 1.10. The van der Waals surface area contributed by atoms with Crippen LogP contribution in [0.25, 0.3) is 0 Å². The Morgan fingerprint density at radius 1 is 1.50 bits per heavy atom. The molecule has 0 aromatic carbocycles. The lowest BCUT2D eigenvalue weighted by atomic mass is 10.2. The van der Waals surface area contributed by atoms with Crippen molar-refractivity contribution in [3.8, 4) is 0 Å². The van der Waals surface area contributed by atoms with E-state index < -0.39 is 10.0 Å². The van der Waals surface area contributed by atoms with Gasteiger partial charge in [-0.15, -0.1) is 0 Å². The van der Waals surface area contributed by atoms with Crippen molar-refractivity contribution in [2.24, 2.45) is 0 Å². The van der Waals surface area contributed by atoms with Gasteiger partial charge in [-0.3, -0.25) is 4.98 Å². The fraction of sp³-hybridized carbons (Fsp3) is 0.444. The molecule has 1 aromatic rings. The minimum absolute atomic E-state index is 0.480. The summed E-state index contributed by atoms with van der Waals surface area (Å²) in [6.07, 6.45) is 6.31. The Morgan fingerprint density at radius 3 is 2.86 bits per heavy atom. The standard InChI is InChI=1S/C9H14N2O2S/c1-14(12,13)11-7-3-5-9-4-2-6-10-8-9/h2,4,6,8,11H,3,5,7H2,1H3. The van der Waals surface area contributed by atoms with Crippen LogP contribution in [0.5, 0.6) is 0 Å². The van der Waals surface area contributed by atoms with E-state index in [2.05, 4.69) is 9.71 Å². The number of hydrogen-bond donors (Lipinski definition) is 1. The SMILES string of the molecule is CS(=O)(=O)NCCCc1cccnc1. The first kappa shape index (κ1) is 11.1. The average Bonchev–Trinajstić information content (AvgIpc) is 2.13. The number of sulfonamides is 1. The molecule has 1 heterocycles. The highest BCUT2D eigenvalue weighted by atomic mass is 32.2. The molecule has 1 rings (SSSR count). The maximum atomic E-state index is 10.7. The lowest BCUT2D eigenvalue weighted by molar-refractivity contribution is 0.585. The summed E-state index contributed by atoms with van der Waals surface area (Å²) in [5, 5.41) is 0. The molecule has 14 heavy (non-hydrogen) atoms. The van der Waals surface area contributed by atoms with E-state index in [1.807, 2.05) is 12.1 Å². The predicted octanol–water partition coefficient (Wildman–Crippen LogP) is 0.563. The summed E-state index contributed by atoms with van der Waals surface area (Å²) in [5.74, 6) is 0. The molecule has 0 aliphatic carbocycles. The van der Waals surface area contributed by atoms with Gasteiger partial charge in [-0.1, -0.05) is 6.07 Å². The van der Waals surface area contributed by atoms with Crippen LogP contribution in [0, 0.1) is 0 Å². The molecule has 78 valence electrons. The van der Waals surface area contributed by atoms with Gasteiger partial charge >= 0.3 is 0 Å². The molecule has 0 saturated carbocycles. The summed E-state index contributed by atoms with van der Waals surface area (Å²) in [7, 11) is -3.04. The quantitative estimate of drug-likeness (QED) is 0.729. The number of nitrogens with zero attached hydrogens (tertiary/aromatic N) is 1. The third kappa shape index (κ3) is 4.94. The molecule has 0 spiro atoms. The minimum atomic E-state index is -3.04. The summed E-state index contributed by atoms with van der Waals surface area (Å²) in [6, 6.07) is 3.85. The molecule has 1 N–H and O–H groups in total. The van der Waals surface area contributed by atoms with E-state index in [0.29, 0.717) is 6.54 Å². The Hall–Kier alpha value is -0.940. The summed E-state index contributed by atoms with van der Waals surface area (Å²) in [6.45, 7) is 0.480. The Morgan fingerprint density at radius 2 is 2.29 bits per heavy atom. The van der Waals surface area contributed by atoms with Crippen LogP contribution in [0.2, 0.25) is 0 Å². The van der Waals surface area contributed by atoms with Crippen molar-refractivity contribution < 1.29 is 8.42 Å². The van der Waals surface area contributed by atoms with Crippen LogP contribution in [0.15, 0.2) is 24.5 Å². The van der Waals surface area contributed by atoms with Gasteiger partial charge in [-0.05, 0) is 24.5 Å². The van der Waals surface area contributed by atoms with E-state index in [1.165, 1.54) is 0 Å². The summed E-state index contributed by atoms with van der Waals surface area (Å²) in [5.41, 5.74) is 1.13. The highest BCUT2D eigenvalue weighted by Gasteiger charge is 1.98. The van der Waals surface area contributed by atoms with Crippen LogP contribution in [-0.2, 0) is 16.4 Å². The number of nitrogens with one attached hydrogen (secondary N) is 1. The molecule has 0 saturated heterocycles. The van der Waals surface area contributed by atoms with Gasteiger partial charge in [-0.25, -0.2) is 13.1 Å². The van der Waals surface area contributed by atoms with Crippen molar-refractivity contribution >= 4 is 10.0 Å². The fourth-order valence-corrected chi connectivity index (χ4v) is 1.61. The maximum absolute atomic E-state index is 10.7. The lowest BCUT2D eigenvalue weighted by Gasteiger charge is -2.01. The van der Waals surface area contributed by atoms with Gasteiger partial charge < -0.3 is 0 Å². The molecule has 0 amide bonds. The number of aromatic nitrogens is 1. The van der Waals surface area contributed by atoms with E-state index in [-0.39, 0.29) is 0 Å². The highest BCUT2D eigenvalue weighted by molar-refractivity contribution is 7.88. The molecule has 0 unspecified atom stereocenters. The molecule has 0 atom stereocenters. The van der Waals surface area contributed by atoms with Crippen molar-refractivity contribution in [1.82, 2.24) is 9.71 Å². The van der Waals surface area contributed by atoms with Gasteiger partial charge in [0.05, 0.1) is 6.26 Å². The van der Waals surface area contributed by atoms with Crippen molar-refractivity contribution in [3.63, 3.8) is 0 Å². The van der Waals surface area contributed by atoms with E-state index in [1.54, 1.807) is 12.4 Å². The van der Waals surface area contributed by atoms with E-state index in [4.69, 9.17) is 0 Å². The van der Waals surface area contributed by atoms with E-state index in [9.17, 15) is 8.42 Å². The van der Waals surface area contributed by atoms with E-state index >= 15 is 0 Å². The third-order valence-electron chi connectivity index (χ3n) is 1.73. The first-order valence-electron chi connectivity index (χ1n) is 4.41. The van der Waals surface area contributed by atoms with Crippen LogP contribution in [0.3, 0.4) is 0 Å². The summed E-state index contributed by atoms with van der Waals surface area (Å²) >= 11 is 0. The molecule has 0 bridgehead atoms. The monoisotopic (exact) mass is 214 g/mol. The van der Waals surface area contributed by atoms with Gasteiger partial charge in [0.2, 0.25) is 10.0 Å². The predicted molar refractivity (Wildman–Crippen MR) is 55.4 cm³/mol. The van der Waals surface area contributed by atoms with Crippen molar-refractivity contribution in [2.45, 2.75) is 12.8 Å². The molecule has 0 radical (unpaired) electrons. The van der Waals surface area contributed by atoms with Crippen molar-refractivity contribution in [2.75, 3.05) is 12.8 Å². The van der Waals surface area contributed by atoms with Crippen LogP contribution < -0.4 is 4.72 Å². The second-order valence-electron chi connectivity index (χ2n) is 3.13. The second-order valence-corrected chi connectivity index (χ2v) is 4.96. The van der Waals surface area contributed by atoms with Gasteiger partial charge in [-0.2, -0.15) is 0 Å². The first-order chi connectivity index (χ1) is 6.58. The lowest BCUT2D eigenvalue weighted by Crippen LogP contribution is -2.23. The number of hydrogen-bond acceptors (Lipinski definition) is 3. The smallest absolute Gasteiger partial charge is 0.208 e. The van der Waals surface area contributed by atoms with Crippen LogP contribution in [0.4, 0.5) is 0 Å². The number of pyridine rings is 1. The Kier molecular flexibility index (Phi) is 4.03. The zero-order chi connectivity index (χ0) is 10.4. The summed E-state index contributed by atoms with van der Waals surface area (Å²) in [4.78, 5) is 3.97. The minimum Gasteiger partial charge on any atom is -0.264 e. The average molecular weight is 214 g/mol. The van der Waals surface area contributed by atoms with Crippen LogP contribution >= 0.6 is 0 Å². The Bertz CT molecular complexity index is 362. The zero-order valence-electron chi connectivity index (χ0n) is 8.10. The van der Waals surface area contributed by atoms with Crippen LogP contribution in [0.1, 0.15) is 12.0 Å². The molecule has 4 nitrogen and oxygen atoms in total.